The molecule has 0 aliphatic heterocycles. The van der Waals surface area contributed by atoms with E-state index >= 15 is 0 Å². The van der Waals surface area contributed by atoms with Gasteiger partial charge in [-0.25, -0.2) is 0 Å². The summed E-state index contributed by atoms with van der Waals surface area (Å²) >= 11 is 0. The first kappa shape index (κ1) is 12.9. The first-order valence-corrected chi connectivity index (χ1v) is 5.90. The maximum Gasteiger partial charge on any atom is 0.120 e. The SMILES string of the molecule is Cc1cc(N)c(Nc2cc(O)c(C)cc2N)cc1N. The second-order valence-electron chi connectivity index (χ2n) is 4.65. The molecule has 19 heavy (non-hydrogen) atoms. The summed E-state index contributed by atoms with van der Waals surface area (Å²) in [5.41, 5.74) is 22.4. The number of hydrogen-bond acceptors (Lipinski definition) is 5. The van der Waals surface area contributed by atoms with Crippen LogP contribution in [0.3, 0.4) is 0 Å². The third-order valence-corrected chi connectivity index (χ3v) is 3.08. The van der Waals surface area contributed by atoms with Gasteiger partial charge in [-0.3, -0.25) is 0 Å². The molecule has 0 saturated heterocycles. The van der Waals surface area contributed by atoms with Crippen LogP contribution in [-0.2, 0) is 0 Å². The van der Waals surface area contributed by atoms with Crippen molar-refractivity contribution in [3.63, 3.8) is 0 Å². The predicted molar refractivity (Wildman–Crippen MR) is 80.5 cm³/mol. The van der Waals surface area contributed by atoms with Crippen LogP contribution >= 0.6 is 0 Å². The number of aromatic hydroxyl groups is 1. The largest absolute Gasteiger partial charge is 0.508 e. The van der Waals surface area contributed by atoms with Crippen LogP contribution in [0.15, 0.2) is 24.3 Å². The standard InChI is InChI=1S/C14H18N4O/c1-7-3-10(16)12(5-9(7)15)18-13-6-14(19)8(2)4-11(13)17/h3-6,18-19H,15-17H2,1-2H3. The molecule has 0 spiro atoms. The Balaban J connectivity index is 2.42. The summed E-state index contributed by atoms with van der Waals surface area (Å²) in [5, 5.41) is 12.8. The lowest BCUT2D eigenvalue weighted by atomic mass is 10.1. The number of aryl methyl sites for hydroxylation is 2. The van der Waals surface area contributed by atoms with Crippen LogP contribution in [0.5, 0.6) is 5.75 Å². The average molecular weight is 258 g/mol. The molecule has 0 radical (unpaired) electrons. The molecule has 100 valence electrons. The van der Waals surface area contributed by atoms with E-state index in [0.717, 1.165) is 11.1 Å². The normalized spacial score (nSPS) is 10.4. The van der Waals surface area contributed by atoms with Gasteiger partial charge in [0.15, 0.2) is 0 Å². The highest BCUT2D eigenvalue weighted by molar-refractivity contribution is 5.82. The molecular weight excluding hydrogens is 240 g/mol. The van der Waals surface area contributed by atoms with Crippen molar-refractivity contribution in [3.05, 3.63) is 35.4 Å². The molecule has 0 aromatic heterocycles. The van der Waals surface area contributed by atoms with Crippen LogP contribution in [0.25, 0.3) is 0 Å². The molecule has 2 aromatic rings. The van der Waals surface area contributed by atoms with Gasteiger partial charge in [0.05, 0.1) is 22.7 Å². The number of nitrogens with one attached hydrogen (secondary N) is 1. The highest BCUT2D eigenvalue weighted by atomic mass is 16.3. The third kappa shape index (κ3) is 2.49. The highest BCUT2D eigenvalue weighted by Gasteiger charge is 2.08. The summed E-state index contributed by atoms with van der Waals surface area (Å²) < 4.78 is 0. The second kappa shape index (κ2) is 4.61. The quantitative estimate of drug-likeness (QED) is 0.420. The van der Waals surface area contributed by atoms with Gasteiger partial charge in [0.2, 0.25) is 0 Å². The minimum absolute atomic E-state index is 0.176. The monoisotopic (exact) mass is 258 g/mol. The number of nitrogens with two attached hydrogens (primary N) is 3. The molecule has 5 nitrogen and oxygen atoms in total. The van der Waals surface area contributed by atoms with Crippen LogP contribution in [0.1, 0.15) is 11.1 Å². The number of hydrogen-bond donors (Lipinski definition) is 5. The second-order valence-corrected chi connectivity index (χ2v) is 4.65. The lowest BCUT2D eigenvalue weighted by Gasteiger charge is -2.14. The van der Waals surface area contributed by atoms with Crippen LogP contribution in [-0.4, -0.2) is 5.11 Å². The predicted octanol–water partition coefficient (Wildman–Crippen LogP) is 2.50. The fraction of sp³-hybridized carbons (Fsp3) is 0.143. The van der Waals surface area contributed by atoms with Gasteiger partial charge in [-0.05, 0) is 43.2 Å². The molecule has 0 amide bonds. The van der Waals surface area contributed by atoms with Crippen molar-refractivity contribution in [3.8, 4) is 5.75 Å². The molecule has 5 heteroatoms. The first-order chi connectivity index (χ1) is 8.88. The third-order valence-electron chi connectivity index (χ3n) is 3.08. The zero-order valence-corrected chi connectivity index (χ0v) is 11.0. The van der Waals surface area contributed by atoms with Crippen molar-refractivity contribution in [1.82, 2.24) is 0 Å². The molecule has 0 bridgehead atoms. The van der Waals surface area contributed by atoms with Gasteiger partial charge >= 0.3 is 0 Å². The van der Waals surface area contributed by atoms with Gasteiger partial charge in [-0.1, -0.05) is 0 Å². The molecule has 0 saturated carbocycles. The first-order valence-electron chi connectivity index (χ1n) is 5.90. The van der Waals surface area contributed by atoms with E-state index in [4.69, 9.17) is 17.2 Å². The summed E-state index contributed by atoms with van der Waals surface area (Å²) in [6.07, 6.45) is 0. The van der Waals surface area contributed by atoms with E-state index in [-0.39, 0.29) is 5.75 Å². The molecule has 0 unspecified atom stereocenters. The Morgan fingerprint density at radius 3 is 1.95 bits per heavy atom. The van der Waals surface area contributed by atoms with Crippen molar-refractivity contribution in [2.75, 3.05) is 22.5 Å². The van der Waals surface area contributed by atoms with Crippen LogP contribution in [0.4, 0.5) is 28.4 Å². The van der Waals surface area contributed by atoms with E-state index in [1.165, 1.54) is 0 Å². The van der Waals surface area contributed by atoms with Crippen LogP contribution in [0.2, 0.25) is 0 Å². The Hall–Kier alpha value is -2.56. The van der Waals surface area contributed by atoms with E-state index in [9.17, 15) is 5.11 Å². The van der Waals surface area contributed by atoms with Crippen molar-refractivity contribution in [1.29, 1.82) is 0 Å². The van der Waals surface area contributed by atoms with Crippen LogP contribution < -0.4 is 22.5 Å². The number of phenols is 1. The smallest absolute Gasteiger partial charge is 0.120 e. The minimum atomic E-state index is 0.176. The molecule has 0 aliphatic carbocycles. The minimum Gasteiger partial charge on any atom is -0.508 e. The zero-order valence-electron chi connectivity index (χ0n) is 11.0. The summed E-state index contributed by atoms with van der Waals surface area (Å²) in [5.74, 6) is 0.176. The summed E-state index contributed by atoms with van der Waals surface area (Å²) in [6, 6.07) is 6.81. The van der Waals surface area contributed by atoms with Gasteiger partial charge in [0.1, 0.15) is 5.75 Å². The molecule has 0 atom stereocenters. The topological polar surface area (TPSA) is 110 Å². The van der Waals surface area contributed by atoms with Crippen LogP contribution in [0, 0.1) is 13.8 Å². The van der Waals surface area contributed by atoms with Crippen molar-refractivity contribution in [2.24, 2.45) is 0 Å². The van der Waals surface area contributed by atoms with Crippen molar-refractivity contribution < 1.29 is 5.11 Å². The molecule has 0 heterocycles. The van der Waals surface area contributed by atoms with Crippen molar-refractivity contribution >= 4 is 28.4 Å². The maximum atomic E-state index is 9.72. The number of anilines is 5. The number of nitrogen functional groups attached to an aromatic ring is 3. The molecular formula is C14H18N4O. The Bertz CT molecular complexity index is 582. The maximum absolute atomic E-state index is 9.72. The van der Waals surface area contributed by atoms with E-state index in [1.54, 1.807) is 31.2 Å². The molecule has 2 rings (SSSR count). The average Bonchev–Trinajstić information content (AvgIpc) is 2.32. The van der Waals surface area contributed by atoms with E-state index < -0.39 is 0 Å². The Labute approximate surface area is 112 Å². The van der Waals surface area contributed by atoms with Crippen molar-refractivity contribution in [2.45, 2.75) is 13.8 Å². The fourth-order valence-corrected chi connectivity index (χ4v) is 1.83. The highest BCUT2D eigenvalue weighted by Crippen LogP contribution is 2.33. The van der Waals surface area contributed by atoms with Gasteiger partial charge in [-0.15, -0.1) is 0 Å². The molecule has 2 aromatic carbocycles. The summed E-state index contributed by atoms with van der Waals surface area (Å²) in [7, 11) is 0. The van der Waals surface area contributed by atoms with E-state index in [1.807, 2.05) is 6.92 Å². The Kier molecular flexibility index (Phi) is 3.12. The van der Waals surface area contributed by atoms with Gasteiger partial charge in [-0.2, -0.15) is 0 Å². The van der Waals surface area contributed by atoms with E-state index in [2.05, 4.69) is 5.32 Å². The van der Waals surface area contributed by atoms with Gasteiger partial charge in [0, 0.05) is 11.8 Å². The Morgan fingerprint density at radius 1 is 0.789 bits per heavy atom. The van der Waals surface area contributed by atoms with Gasteiger partial charge in [0.25, 0.3) is 0 Å². The molecule has 0 aliphatic rings. The van der Waals surface area contributed by atoms with E-state index in [0.29, 0.717) is 28.4 Å². The lowest BCUT2D eigenvalue weighted by molar-refractivity contribution is 0.471. The number of benzene rings is 2. The number of rotatable bonds is 2. The molecule has 8 N–H and O–H groups in total. The summed E-state index contributed by atoms with van der Waals surface area (Å²) in [6.45, 7) is 3.68. The molecule has 0 fully saturated rings. The number of phenolic OH excluding ortho intramolecular Hbond substituents is 1. The Morgan fingerprint density at radius 2 is 1.32 bits per heavy atom. The zero-order chi connectivity index (χ0) is 14.2. The summed E-state index contributed by atoms with van der Waals surface area (Å²) in [4.78, 5) is 0. The lowest BCUT2D eigenvalue weighted by Crippen LogP contribution is -2.02. The fourth-order valence-electron chi connectivity index (χ4n) is 1.83. The van der Waals surface area contributed by atoms with Gasteiger partial charge < -0.3 is 27.6 Å².